The zero-order chi connectivity index (χ0) is 21.9. The highest BCUT2D eigenvalue weighted by atomic mass is 16.5. The smallest absolute Gasteiger partial charge is 0.241 e. The minimum absolute atomic E-state index is 0.0743. The molecular weight excluding hydrogens is 376 g/mol. The number of methoxy groups -OCH3 is 1. The first-order valence-electron chi connectivity index (χ1n) is 11.0. The lowest BCUT2D eigenvalue weighted by Crippen LogP contribution is -2.48. The molecule has 0 aliphatic carbocycles. The number of benzene rings is 1. The second kappa shape index (κ2) is 9.21. The van der Waals surface area contributed by atoms with E-state index >= 15 is 0 Å². The predicted octanol–water partition coefficient (Wildman–Crippen LogP) is 4.41. The SMILES string of the molecule is CCC(C)[C@@H]1NC(C)(C)N(CCCC(C)Nc2cc(OC)cc3cccnc23)C1=O. The first-order chi connectivity index (χ1) is 14.3. The number of ether oxygens (including phenoxy) is 1. The zero-order valence-electron chi connectivity index (χ0n) is 19.2. The van der Waals surface area contributed by atoms with Crippen LogP contribution < -0.4 is 15.4 Å². The maximum absolute atomic E-state index is 12.9. The molecule has 30 heavy (non-hydrogen) atoms. The van der Waals surface area contributed by atoms with Gasteiger partial charge in [-0.15, -0.1) is 0 Å². The van der Waals surface area contributed by atoms with Crippen LogP contribution in [0.1, 0.15) is 53.9 Å². The predicted molar refractivity (Wildman–Crippen MR) is 123 cm³/mol. The van der Waals surface area contributed by atoms with Gasteiger partial charge in [-0.05, 0) is 51.7 Å². The molecule has 2 unspecified atom stereocenters. The number of nitrogens with one attached hydrogen (secondary N) is 2. The molecule has 1 aliphatic heterocycles. The molecule has 6 nitrogen and oxygen atoms in total. The molecule has 2 N–H and O–H groups in total. The molecule has 3 atom stereocenters. The first-order valence-corrected chi connectivity index (χ1v) is 11.0. The van der Waals surface area contributed by atoms with E-state index in [1.54, 1.807) is 7.11 Å². The molecule has 3 rings (SSSR count). The van der Waals surface area contributed by atoms with Gasteiger partial charge in [0.1, 0.15) is 5.75 Å². The van der Waals surface area contributed by atoms with Crippen LogP contribution in [0.15, 0.2) is 30.5 Å². The van der Waals surface area contributed by atoms with Crippen LogP contribution in [0, 0.1) is 5.92 Å². The van der Waals surface area contributed by atoms with Crippen molar-refractivity contribution in [3.63, 3.8) is 0 Å². The molecule has 6 heteroatoms. The number of pyridine rings is 1. The van der Waals surface area contributed by atoms with Gasteiger partial charge in [-0.1, -0.05) is 26.3 Å². The molecule has 2 aromatic rings. The Balaban J connectivity index is 1.61. The number of nitrogens with zero attached hydrogens (tertiary/aromatic N) is 2. The van der Waals surface area contributed by atoms with Crippen LogP contribution in [-0.2, 0) is 4.79 Å². The van der Waals surface area contributed by atoms with Crippen molar-refractivity contribution < 1.29 is 9.53 Å². The Bertz CT molecular complexity index is 883. The lowest BCUT2D eigenvalue weighted by atomic mass is 9.99. The third-order valence-corrected chi connectivity index (χ3v) is 6.26. The molecule has 1 aromatic carbocycles. The lowest BCUT2D eigenvalue weighted by Gasteiger charge is -2.31. The number of hydrogen-bond acceptors (Lipinski definition) is 5. The van der Waals surface area contributed by atoms with Gasteiger partial charge in [-0.2, -0.15) is 0 Å². The quantitative estimate of drug-likeness (QED) is 0.639. The summed E-state index contributed by atoms with van der Waals surface area (Å²) in [5.74, 6) is 1.39. The van der Waals surface area contributed by atoms with Gasteiger partial charge in [0.2, 0.25) is 5.91 Å². The van der Waals surface area contributed by atoms with Crippen molar-refractivity contribution in [1.82, 2.24) is 15.2 Å². The Hall–Kier alpha value is -2.34. The number of fused-ring (bicyclic) bond motifs is 1. The molecule has 1 aromatic heterocycles. The molecule has 0 bridgehead atoms. The number of anilines is 1. The molecule has 0 radical (unpaired) electrons. The van der Waals surface area contributed by atoms with E-state index in [0.717, 1.165) is 48.1 Å². The first kappa shape index (κ1) is 22.3. The van der Waals surface area contributed by atoms with Crippen molar-refractivity contribution in [2.45, 2.75) is 71.6 Å². The molecule has 1 fully saturated rings. The normalized spacial score (nSPS) is 20.4. The standard InChI is InChI=1S/C24H36N4O2/c1-7-16(2)21-23(29)28(24(4,5)27-21)13-9-10-17(3)26-20-15-19(30-6)14-18-11-8-12-25-22(18)20/h8,11-12,14-17,21,26-27H,7,9-10,13H2,1-6H3/t16?,17?,21-/m0/s1. The molecule has 1 amide bonds. The summed E-state index contributed by atoms with van der Waals surface area (Å²) in [5, 5.41) is 8.18. The second-order valence-corrected chi connectivity index (χ2v) is 8.99. The fourth-order valence-corrected chi connectivity index (χ4v) is 4.26. The van der Waals surface area contributed by atoms with Crippen LogP contribution in [0.25, 0.3) is 10.9 Å². The maximum Gasteiger partial charge on any atom is 0.241 e. The maximum atomic E-state index is 12.9. The van der Waals surface area contributed by atoms with E-state index in [4.69, 9.17) is 4.74 Å². The van der Waals surface area contributed by atoms with Crippen LogP contribution in [0.3, 0.4) is 0 Å². The van der Waals surface area contributed by atoms with Crippen LogP contribution >= 0.6 is 0 Å². The van der Waals surface area contributed by atoms with E-state index in [-0.39, 0.29) is 23.7 Å². The van der Waals surface area contributed by atoms with E-state index in [0.29, 0.717) is 5.92 Å². The Labute approximate surface area is 180 Å². The fourth-order valence-electron chi connectivity index (χ4n) is 4.26. The Morgan fingerprint density at radius 2 is 2.10 bits per heavy atom. The second-order valence-electron chi connectivity index (χ2n) is 8.99. The zero-order valence-corrected chi connectivity index (χ0v) is 19.2. The summed E-state index contributed by atoms with van der Waals surface area (Å²) < 4.78 is 5.45. The molecule has 1 aliphatic rings. The number of rotatable bonds is 9. The van der Waals surface area contributed by atoms with E-state index < -0.39 is 0 Å². The van der Waals surface area contributed by atoms with Crippen molar-refractivity contribution >= 4 is 22.5 Å². The Morgan fingerprint density at radius 1 is 1.33 bits per heavy atom. The molecule has 0 saturated carbocycles. The summed E-state index contributed by atoms with van der Waals surface area (Å²) in [6.07, 6.45) is 4.70. The van der Waals surface area contributed by atoms with Crippen molar-refractivity contribution in [3.8, 4) is 5.75 Å². The van der Waals surface area contributed by atoms with Gasteiger partial charge in [-0.3, -0.25) is 15.1 Å². The number of hydrogen-bond donors (Lipinski definition) is 2. The van der Waals surface area contributed by atoms with E-state index in [9.17, 15) is 4.79 Å². The molecule has 2 heterocycles. The molecule has 164 valence electrons. The summed E-state index contributed by atoms with van der Waals surface area (Å²) in [5.41, 5.74) is 1.63. The van der Waals surface area contributed by atoms with Gasteiger partial charge in [0.05, 0.1) is 30.0 Å². The number of amides is 1. The summed E-state index contributed by atoms with van der Waals surface area (Å²) in [6.45, 7) is 11.4. The topological polar surface area (TPSA) is 66.5 Å². The molecular formula is C24H36N4O2. The van der Waals surface area contributed by atoms with Gasteiger partial charge >= 0.3 is 0 Å². The van der Waals surface area contributed by atoms with Gasteiger partial charge < -0.3 is 15.0 Å². The minimum Gasteiger partial charge on any atom is -0.497 e. The molecule has 1 saturated heterocycles. The summed E-state index contributed by atoms with van der Waals surface area (Å²) >= 11 is 0. The number of carbonyl (C=O) groups excluding carboxylic acids is 1. The average Bonchev–Trinajstić information content (AvgIpc) is 2.96. The van der Waals surface area contributed by atoms with Crippen LogP contribution in [0.4, 0.5) is 5.69 Å². The van der Waals surface area contributed by atoms with Crippen molar-refractivity contribution in [1.29, 1.82) is 0 Å². The van der Waals surface area contributed by atoms with Gasteiger partial charge in [-0.25, -0.2) is 0 Å². The summed E-state index contributed by atoms with van der Waals surface area (Å²) in [6, 6.07) is 8.16. The fraction of sp³-hybridized carbons (Fsp3) is 0.583. The third kappa shape index (κ3) is 4.69. The highest BCUT2D eigenvalue weighted by Gasteiger charge is 2.45. The lowest BCUT2D eigenvalue weighted by molar-refractivity contribution is -0.132. The Kier molecular flexibility index (Phi) is 6.86. The van der Waals surface area contributed by atoms with Gasteiger partial charge in [0.15, 0.2) is 0 Å². The molecule has 0 spiro atoms. The van der Waals surface area contributed by atoms with Crippen LogP contribution in [0.2, 0.25) is 0 Å². The van der Waals surface area contributed by atoms with Crippen molar-refractivity contribution in [3.05, 3.63) is 30.5 Å². The minimum atomic E-state index is -0.297. The van der Waals surface area contributed by atoms with Gasteiger partial charge in [0.25, 0.3) is 0 Å². The van der Waals surface area contributed by atoms with E-state index in [1.165, 1.54) is 0 Å². The van der Waals surface area contributed by atoms with Crippen molar-refractivity contribution in [2.75, 3.05) is 19.0 Å². The van der Waals surface area contributed by atoms with E-state index in [2.05, 4.69) is 50.2 Å². The number of carbonyl (C=O) groups is 1. The largest absolute Gasteiger partial charge is 0.497 e. The highest BCUT2D eigenvalue weighted by Crippen LogP contribution is 2.29. The van der Waals surface area contributed by atoms with Crippen molar-refractivity contribution in [2.24, 2.45) is 5.92 Å². The highest BCUT2D eigenvalue weighted by molar-refractivity contribution is 5.92. The Morgan fingerprint density at radius 3 is 2.80 bits per heavy atom. The van der Waals surface area contributed by atoms with E-state index in [1.807, 2.05) is 35.4 Å². The van der Waals surface area contributed by atoms with Crippen LogP contribution in [0.5, 0.6) is 5.75 Å². The summed E-state index contributed by atoms with van der Waals surface area (Å²) in [4.78, 5) is 19.5. The third-order valence-electron chi connectivity index (χ3n) is 6.26. The van der Waals surface area contributed by atoms with Crippen LogP contribution in [-0.4, -0.2) is 47.2 Å². The number of aromatic nitrogens is 1. The monoisotopic (exact) mass is 412 g/mol. The average molecular weight is 413 g/mol. The summed E-state index contributed by atoms with van der Waals surface area (Å²) in [7, 11) is 1.68. The van der Waals surface area contributed by atoms with Gasteiger partial charge in [0, 0.05) is 30.2 Å².